The van der Waals surface area contributed by atoms with E-state index in [-0.39, 0.29) is 9.77 Å². The number of piperazine rings is 1. The molecule has 1 aliphatic heterocycles. The summed E-state index contributed by atoms with van der Waals surface area (Å²) in [6.45, 7) is 6.10. The number of anilines is 1. The average molecular weight is 395 g/mol. The second kappa shape index (κ2) is 7.38. The molecular formula is C18H22N2O4S2. The first kappa shape index (κ1) is 18.9. The third-order valence-corrected chi connectivity index (χ3v) is 7.53. The molecule has 8 heteroatoms. The van der Waals surface area contributed by atoms with Gasteiger partial charge in [0, 0.05) is 31.9 Å². The third-order valence-electron chi connectivity index (χ3n) is 4.56. The molecule has 3 rings (SSSR count). The van der Waals surface area contributed by atoms with Gasteiger partial charge in [-0.05, 0) is 42.5 Å². The van der Waals surface area contributed by atoms with Crippen molar-refractivity contribution >= 4 is 33.0 Å². The molecular weight excluding hydrogens is 372 g/mol. The average Bonchev–Trinajstić information content (AvgIpc) is 3.14. The summed E-state index contributed by atoms with van der Waals surface area (Å²) in [6.07, 6.45) is 0. The van der Waals surface area contributed by atoms with Crippen LogP contribution in [0.25, 0.3) is 0 Å². The predicted molar refractivity (Wildman–Crippen MR) is 103 cm³/mol. The molecule has 0 amide bonds. The van der Waals surface area contributed by atoms with Gasteiger partial charge in [-0.2, -0.15) is 4.31 Å². The Morgan fingerprint density at radius 1 is 1.12 bits per heavy atom. The van der Waals surface area contributed by atoms with Gasteiger partial charge in [0.25, 0.3) is 0 Å². The van der Waals surface area contributed by atoms with E-state index < -0.39 is 16.0 Å². The molecule has 0 saturated carbocycles. The van der Waals surface area contributed by atoms with Gasteiger partial charge in [-0.3, -0.25) is 0 Å². The molecule has 0 spiro atoms. The van der Waals surface area contributed by atoms with Gasteiger partial charge in [0.05, 0.1) is 7.11 Å². The summed E-state index contributed by atoms with van der Waals surface area (Å²) in [5.74, 6) is -0.618. The van der Waals surface area contributed by atoms with Crippen LogP contribution in [-0.4, -0.2) is 52.0 Å². The molecule has 140 valence electrons. The molecule has 1 fully saturated rings. The first-order chi connectivity index (χ1) is 12.3. The van der Waals surface area contributed by atoms with Crippen molar-refractivity contribution in [2.24, 2.45) is 0 Å². The van der Waals surface area contributed by atoms with E-state index in [4.69, 9.17) is 4.74 Å². The standard InChI is InChI=1S/C18H22N2O4S2/c1-13-4-5-14(2)15(12-13)19-7-9-20(10-8-19)26(22,23)16-6-11-25-17(16)18(21)24-3/h4-6,11-12H,7-10H2,1-3H3. The molecule has 0 atom stereocenters. The van der Waals surface area contributed by atoms with Crippen molar-refractivity contribution in [2.45, 2.75) is 18.7 Å². The van der Waals surface area contributed by atoms with Gasteiger partial charge >= 0.3 is 5.97 Å². The summed E-state index contributed by atoms with van der Waals surface area (Å²) in [5.41, 5.74) is 3.51. The summed E-state index contributed by atoms with van der Waals surface area (Å²) in [4.78, 5) is 14.2. The lowest BCUT2D eigenvalue weighted by atomic mass is 10.1. The highest BCUT2D eigenvalue weighted by molar-refractivity contribution is 7.89. The summed E-state index contributed by atoms with van der Waals surface area (Å²) < 4.78 is 32.1. The SMILES string of the molecule is COC(=O)c1sccc1S(=O)(=O)N1CCN(c2cc(C)ccc2C)CC1. The van der Waals surface area contributed by atoms with E-state index in [9.17, 15) is 13.2 Å². The van der Waals surface area contributed by atoms with E-state index in [0.29, 0.717) is 26.2 Å². The molecule has 1 aromatic heterocycles. The van der Waals surface area contributed by atoms with Crippen LogP contribution < -0.4 is 4.90 Å². The van der Waals surface area contributed by atoms with E-state index in [1.54, 1.807) is 5.38 Å². The second-order valence-corrected chi connectivity index (χ2v) is 9.11. The molecule has 0 bridgehead atoms. The van der Waals surface area contributed by atoms with Crippen molar-refractivity contribution < 1.29 is 17.9 Å². The highest BCUT2D eigenvalue weighted by Gasteiger charge is 2.33. The molecule has 6 nitrogen and oxygen atoms in total. The van der Waals surface area contributed by atoms with Gasteiger partial charge in [-0.1, -0.05) is 12.1 Å². The van der Waals surface area contributed by atoms with Crippen molar-refractivity contribution in [1.29, 1.82) is 0 Å². The topological polar surface area (TPSA) is 66.9 Å². The van der Waals surface area contributed by atoms with Crippen LogP contribution in [0, 0.1) is 13.8 Å². The van der Waals surface area contributed by atoms with Gasteiger partial charge < -0.3 is 9.64 Å². The number of sulfonamides is 1. The Bertz CT molecular complexity index is 913. The minimum Gasteiger partial charge on any atom is -0.465 e. The van der Waals surface area contributed by atoms with Crippen LogP contribution in [0.3, 0.4) is 0 Å². The van der Waals surface area contributed by atoms with Gasteiger partial charge in [0.1, 0.15) is 9.77 Å². The maximum atomic E-state index is 13.0. The minimum absolute atomic E-state index is 0.0366. The van der Waals surface area contributed by atoms with Gasteiger partial charge in [-0.25, -0.2) is 13.2 Å². The van der Waals surface area contributed by atoms with Crippen LogP contribution in [0.5, 0.6) is 0 Å². The summed E-state index contributed by atoms with van der Waals surface area (Å²) in [7, 11) is -2.46. The first-order valence-electron chi connectivity index (χ1n) is 8.32. The van der Waals surface area contributed by atoms with Gasteiger partial charge in [0.2, 0.25) is 10.0 Å². The molecule has 0 unspecified atom stereocenters. The summed E-state index contributed by atoms with van der Waals surface area (Å²) in [6, 6.07) is 7.77. The number of thiophene rings is 1. The smallest absolute Gasteiger partial charge is 0.349 e. The Hall–Kier alpha value is -1.90. The Morgan fingerprint density at radius 3 is 2.46 bits per heavy atom. The minimum atomic E-state index is -3.71. The lowest BCUT2D eigenvalue weighted by molar-refractivity contribution is 0.0602. The van der Waals surface area contributed by atoms with Crippen molar-refractivity contribution in [3.63, 3.8) is 0 Å². The Balaban J connectivity index is 1.78. The maximum Gasteiger partial charge on any atom is 0.349 e. The monoisotopic (exact) mass is 394 g/mol. The quantitative estimate of drug-likeness (QED) is 0.746. The van der Waals surface area contributed by atoms with E-state index in [1.165, 1.54) is 28.6 Å². The maximum absolute atomic E-state index is 13.0. The number of carbonyl (C=O) groups excluding carboxylic acids is 1. The molecule has 1 aliphatic rings. The fourth-order valence-corrected chi connectivity index (χ4v) is 5.84. The van der Waals surface area contributed by atoms with Crippen LogP contribution in [0.4, 0.5) is 5.69 Å². The normalized spacial score (nSPS) is 15.9. The van der Waals surface area contributed by atoms with Crippen molar-refractivity contribution in [3.05, 3.63) is 45.6 Å². The van der Waals surface area contributed by atoms with Crippen LogP contribution in [-0.2, 0) is 14.8 Å². The van der Waals surface area contributed by atoms with Crippen LogP contribution >= 0.6 is 11.3 Å². The van der Waals surface area contributed by atoms with Crippen LogP contribution in [0.1, 0.15) is 20.8 Å². The molecule has 0 radical (unpaired) electrons. The molecule has 2 aromatic rings. The number of hydrogen-bond acceptors (Lipinski definition) is 6. The van der Waals surface area contributed by atoms with Crippen molar-refractivity contribution in [3.8, 4) is 0 Å². The highest BCUT2D eigenvalue weighted by Crippen LogP contribution is 2.28. The number of rotatable bonds is 4. The summed E-state index contributed by atoms with van der Waals surface area (Å²) >= 11 is 1.08. The highest BCUT2D eigenvalue weighted by atomic mass is 32.2. The van der Waals surface area contributed by atoms with Gasteiger partial charge in [0.15, 0.2) is 0 Å². The van der Waals surface area contributed by atoms with E-state index in [0.717, 1.165) is 17.0 Å². The molecule has 1 saturated heterocycles. The van der Waals surface area contributed by atoms with Gasteiger partial charge in [-0.15, -0.1) is 11.3 Å². The number of benzene rings is 1. The number of hydrogen-bond donors (Lipinski definition) is 0. The largest absolute Gasteiger partial charge is 0.465 e. The fraction of sp³-hybridized carbons (Fsp3) is 0.389. The lowest BCUT2D eigenvalue weighted by Crippen LogP contribution is -2.49. The zero-order chi connectivity index (χ0) is 18.9. The van der Waals surface area contributed by atoms with E-state index in [1.807, 2.05) is 0 Å². The predicted octanol–water partition coefficient (Wildman–Crippen LogP) is 2.66. The Morgan fingerprint density at radius 2 is 1.81 bits per heavy atom. The third kappa shape index (κ3) is 3.49. The zero-order valence-electron chi connectivity index (χ0n) is 15.1. The van der Waals surface area contributed by atoms with Crippen LogP contribution in [0.2, 0.25) is 0 Å². The number of methoxy groups -OCH3 is 1. The second-order valence-electron chi connectivity index (χ2n) is 6.29. The Kier molecular flexibility index (Phi) is 5.36. The number of nitrogens with zero attached hydrogens (tertiary/aromatic N) is 2. The Labute approximate surface area is 158 Å². The molecule has 1 aromatic carbocycles. The van der Waals surface area contributed by atoms with E-state index >= 15 is 0 Å². The number of carbonyl (C=O) groups is 1. The molecule has 0 aliphatic carbocycles. The van der Waals surface area contributed by atoms with Crippen molar-refractivity contribution in [2.75, 3.05) is 38.2 Å². The number of aryl methyl sites for hydroxylation is 2. The van der Waals surface area contributed by atoms with E-state index in [2.05, 4.69) is 36.9 Å². The van der Waals surface area contributed by atoms with Crippen molar-refractivity contribution in [1.82, 2.24) is 4.31 Å². The zero-order valence-corrected chi connectivity index (χ0v) is 16.7. The number of ether oxygens (including phenoxy) is 1. The summed E-state index contributed by atoms with van der Waals surface area (Å²) in [5, 5.41) is 1.60. The molecule has 2 heterocycles. The van der Waals surface area contributed by atoms with Crippen LogP contribution in [0.15, 0.2) is 34.5 Å². The fourth-order valence-electron chi connectivity index (χ4n) is 3.11. The first-order valence-corrected chi connectivity index (χ1v) is 10.6. The number of esters is 1. The molecule has 26 heavy (non-hydrogen) atoms. The molecule has 0 N–H and O–H groups in total. The lowest BCUT2D eigenvalue weighted by Gasteiger charge is -2.36.